The zero-order chi connectivity index (χ0) is 8.10. The average Bonchev–Trinajstić information content (AvgIpc) is 2.04. The van der Waals surface area contributed by atoms with Crippen molar-refractivity contribution in [3.63, 3.8) is 0 Å². The second-order valence-corrected chi connectivity index (χ2v) is 2.22. The third-order valence-electron chi connectivity index (χ3n) is 1.05. The van der Waals surface area contributed by atoms with E-state index in [9.17, 15) is 4.79 Å². The number of hydrogen-bond acceptors (Lipinski definition) is 4. The molecule has 0 bridgehead atoms. The van der Waals surface area contributed by atoms with Crippen molar-refractivity contribution in [3.05, 3.63) is 22.7 Å². The monoisotopic (exact) mass is 170 g/mol. The van der Waals surface area contributed by atoms with Crippen LogP contribution in [0.15, 0.2) is 12.4 Å². The normalized spacial score (nSPS) is 9.09. The molecule has 11 heavy (non-hydrogen) atoms. The Hall–Kier alpha value is -1.23. The Kier molecular flexibility index (Phi) is 2.74. The average molecular weight is 170 g/mol. The molecular weight excluding hydrogens is 164 g/mol. The van der Waals surface area contributed by atoms with Crippen molar-refractivity contribution in [1.29, 1.82) is 0 Å². The van der Waals surface area contributed by atoms with Crippen LogP contribution in [0.25, 0.3) is 0 Å². The second-order valence-electron chi connectivity index (χ2n) is 1.83. The largest absolute Gasteiger partial charge is 0.463 e. The summed E-state index contributed by atoms with van der Waals surface area (Å²) in [6.07, 6.45) is 3.21. The van der Waals surface area contributed by atoms with Gasteiger partial charge >= 0.3 is 0 Å². The first-order valence-electron chi connectivity index (χ1n) is 2.92. The van der Waals surface area contributed by atoms with Crippen molar-refractivity contribution >= 4 is 18.7 Å². The molecule has 1 aromatic heterocycles. The van der Waals surface area contributed by atoms with E-state index in [1.165, 1.54) is 0 Å². The topological polar surface area (TPSA) is 55.0 Å². The lowest BCUT2D eigenvalue weighted by atomic mass is 10.4. The van der Waals surface area contributed by atoms with E-state index in [2.05, 4.69) is 14.7 Å². The summed E-state index contributed by atoms with van der Waals surface area (Å²) in [5.41, 5.74) is 0.783. The number of aromatic nitrogens is 2. The van der Waals surface area contributed by atoms with Crippen LogP contribution in [0.1, 0.15) is 5.56 Å². The lowest BCUT2D eigenvalue weighted by Gasteiger charge is -1.95. The van der Waals surface area contributed by atoms with Gasteiger partial charge in [0.2, 0.25) is 0 Å². The molecule has 0 saturated carbocycles. The summed E-state index contributed by atoms with van der Waals surface area (Å²) in [7, 11) is 0. The Balaban J connectivity index is 2.66. The maximum Gasteiger partial charge on any atom is 0.293 e. The molecule has 4 nitrogen and oxygen atoms in total. The second kappa shape index (κ2) is 3.82. The summed E-state index contributed by atoms with van der Waals surface area (Å²) < 4.78 is 4.90. The van der Waals surface area contributed by atoms with Crippen molar-refractivity contribution in [2.75, 3.05) is 0 Å². The SMILES string of the molecule is O=COCc1cnc(=S)[nH]c1. The molecule has 0 spiro atoms. The maximum absolute atomic E-state index is 9.77. The van der Waals surface area contributed by atoms with Crippen LogP contribution >= 0.6 is 12.2 Å². The first kappa shape index (κ1) is 7.87. The number of hydrogen-bond donors (Lipinski definition) is 1. The molecule has 1 aromatic rings. The standard InChI is InChI=1S/C6H6N2O2S/c9-4-10-3-5-1-7-6(11)8-2-5/h1-2,4H,3H2,(H,7,8,11). The molecule has 5 heteroatoms. The van der Waals surface area contributed by atoms with Gasteiger partial charge < -0.3 is 9.72 Å². The van der Waals surface area contributed by atoms with Gasteiger partial charge in [0, 0.05) is 18.0 Å². The van der Waals surface area contributed by atoms with Crippen LogP contribution in [0.3, 0.4) is 0 Å². The smallest absolute Gasteiger partial charge is 0.293 e. The summed E-state index contributed by atoms with van der Waals surface area (Å²) in [6, 6.07) is 0. The van der Waals surface area contributed by atoms with Crippen molar-refractivity contribution in [3.8, 4) is 0 Å². The minimum atomic E-state index is 0.225. The highest BCUT2D eigenvalue weighted by Gasteiger charge is 1.90. The highest BCUT2D eigenvalue weighted by molar-refractivity contribution is 7.71. The van der Waals surface area contributed by atoms with Crippen molar-refractivity contribution in [2.24, 2.45) is 0 Å². The van der Waals surface area contributed by atoms with Crippen LogP contribution in [-0.4, -0.2) is 16.4 Å². The molecule has 0 radical (unpaired) electrons. The lowest BCUT2D eigenvalue weighted by molar-refractivity contribution is -0.129. The quantitative estimate of drug-likeness (QED) is 0.538. The fourth-order valence-electron chi connectivity index (χ4n) is 0.580. The molecule has 1 N–H and O–H groups in total. The van der Waals surface area contributed by atoms with E-state index in [1.54, 1.807) is 12.4 Å². The van der Waals surface area contributed by atoms with Gasteiger partial charge in [-0.15, -0.1) is 0 Å². The molecule has 0 saturated heterocycles. The molecule has 58 valence electrons. The van der Waals surface area contributed by atoms with Gasteiger partial charge in [-0.2, -0.15) is 0 Å². The molecule has 0 fully saturated rings. The van der Waals surface area contributed by atoms with Gasteiger partial charge in [-0.25, -0.2) is 4.98 Å². The number of carbonyl (C=O) groups is 1. The van der Waals surface area contributed by atoms with Gasteiger partial charge in [-0.05, 0) is 12.2 Å². The minimum absolute atomic E-state index is 0.225. The fourth-order valence-corrected chi connectivity index (χ4v) is 0.691. The number of nitrogens with zero attached hydrogens (tertiary/aromatic N) is 1. The molecule has 1 rings (SSSR count). The number of carbonyl (C=O) groups excluding carboxylic acids is 1. The van der Waals surface area contributed by atoms with Gasteiger partial charge in [0.15, 0.2) is 4.77 Å². The number of ether oxygens (including phenoxy) is 1. The molecular formula is C6H6N2O2S. The maximum atomic E-state index is 9.77. The van der Waals surface area contributed by atoms with E-state index < -0.39 is 0 Å². The third kappa shape index (κ3) is 2.46. The minimum Gasteiger partial charge on any atom is -0.463 e. The zero-order valence-corrected chi connectivity index (χ0v) is 6.43. The Labute approximate surface area is 68.2 Å². The lowest BCUT2D eigenvalue weighted by Crippen LogP contribution is -1.92. The Bertz CT molecular complexity index is 276. The fraction of sp³-hybridized carbons (Fsp3) is 0.167. The summed E-state index contributed by atoms with van der Waals surface area (Å²) in [6.45, 7) is 0.615. The molecule has 1 heterocycles. The predicted molar refractivity (Wildman–Crippen MR) is 40.3 cm³/mol. The molecule has 0 aliphatic rings. The Morgan fingerprint density at radius 1 is 1.82 bits per heavy atom. The van der Waals surface area contributed by atoms with Crippen LogP contribution in [-0.2, 0) is 16.1 Å². The molecule has 0 aliphatic heterocycles. The predicted octanol–water partition coefficient (Wildman–Crippen LogP) is 0.812. The first-order chi connectivity index (χ1) is 5.33. The van der Waals surface area contributed by atoms with E-state index in [0.29, 0.717) is 11.2 Å². The summed E-state index contributed by atoms with van der Waals surface area (Å²) >= 11 is 4.71. The van der Waals surface area contributed by atoms with Crippen LogP contribution in [0.4, 0.5) is 0 Å². The molecule has 0 aliphatic carbocycles. The number of nitrogens with one attached hydrogen (secondary N) is 1. The Morgan fingerprint density at radius 2 is 2.64 bits per heavy atom. The van der Waals surface area contributed by atoms with E-state index >= 15 is 0 Å². The van der Waals surface area contributed by atoms with Crippen molar-refractivity contribution in [2.45, 2.75) is 6.61 Å². The molecule has 0 unspecified atom stereocenters. The van der Waals surface area contributed by atoms with Gasteiger partial charge in [0.05, 0.1) is 0 Å². The van der Waals surface area contributed by atoms with E-state index in [4.69, 9.17) is 12.2 Å². The summed E-state index contributed by atoms with van der Waals surface area (Å²) in [5.74, 6) is 0. The molecule has 0 aromatic carbocycles. The summed E-state index contributed by atoms with van der Waals surface area (Å²) in [5, 5.41) is 0. The highest BCUT2D eigenvalue weighted by Crippen LogP contribution is 1.94. The van der Waals surface area contributed by atoms with Crippen LogP contribution in [0, 0.1) is 4.77 Å². The summed E-state index contributed by atoms with van der Waals surface area (Å²) in [4.78, 5) is 16.3. The van der Waals surface area contributed by atoms with Crippen molar-refractivity contribution < 1.29 is 9.53 Å². The van der Waals surface area contributed by atoms with E-state index in [0.717, 1.165) is 5.56 Å². The van der Waals surface area contributed by atoms with Crippen LogP contribution in [0.5, 0.6) is 0 Å². The number of rotatable bonds is 3. The number of aromatic amines is 1. The van der Waals surface area contributed by atoms with Gasteiger partial charge in [0.1, 0.15) is 6.61 Å². The van der Waals surface area contributed by atoms with Crippen molar-refractivity contribution in [1.82, 2.24) is 9.97 Å². The molecule has 0 atom stereocenters. The highest BCUT2D eigenvalue weighted by atomic mass is 32.1. The third-order valence-corrected chi connectivity index (χ3v) is 1.27. The molecule has 0 amide bonds. The number of H-pyrrole nitrogens is 1. The first-order valence-corrected chi connectivity index (χ1v) is 3.32. The van der Waals surface area contributed by atoms with E-state index in [-0.39, 0.29) is 6.61 Å². The van der Waals surface area contributed by atoms with Gasteiger partial charge in [-0.1, -0.05) is 0 Å². The van der Waals surface area contributed by atoms with Gasteiger partial charge in [-0.3, -0.25) is 4.79 Å². The zero-order valence-electron chi connectivity index (χ0n) is 5.61. The van der Waals surface area contributed by atoms with Gasteiger partial charge in [0.25, 0.3) is 6.47 Å². The van der Waals surface area contributed by atoms with Crippen LogP contribution in [0.2, 0.25) is 0 Å². The van der Waals surface area contributed by atoms with Crippen LogP contribution < -0.4 is 0 Å². The Morgan fingerprint density at radius 3 is 3.18 bits per heavy atom. The van der Waals surface area contributed by atoms with E-state index in [1.807, 2.05) is 0 Å².